The molecule has 176 valence electrons. The Morgan fingerprint density at radius 1 is 0.970 bits per heavy atom. The van der Waals surface area contributed by atoms with Gasteiger partial charge in [-0.25, -0.2) is 0 Å². The molecule has 0 saturated carbocycles. The van der Waals surface area contributed by atoms with Gasteiger partial charge in [0.2, 0.25) is 5.91 Å². The Balaban J connectivity index is 1.29. The van der Waals surface area contributed by atoms with Crippen LogP contribution in [0.15, 0.2) is 48.5 Å². The summed E-state index contributed by atoms with van der Waals surface area (Å²) in [4.78, 5) is 32.6. The number of carbonyl (C=O) groups is 2. The average Bonchev–Trinajstić information content (AvgIpc) is 2.85. The first-order chi connectivity index (χ1) is 16.0. The molecule has 0 radical (unpaired) electrons. The quantitative estimate of drug-likeness (QED) is 0.733. The van der Waals surface area contributed by atoms with Crippen LogP contribution in [0, 0.1) is 12.8 Å². The third kappa shape index (κ3) is 6.21. The fraction of sp³-hybridized carbons (Fsp3) is 0.481. The molecule has 2 amide bonds. The summed E-state index contributed by atoms with van der Waals surface area (Å²) in [5.41, 5.74) is 3.86. The molecule has 0 unspecified atom stereocenters. The molecule has 2 fully saturated rings. The van der Waals surface area contributed by atoms with E-state index in [1.54, 1.807) is 0 Å². The van der Waals surface area contributed by atoms with Crippen LogP contribution in [-0.4, -0.2) is 72.3 Å². The maximum Gasteiger partial charge on any atom is 0.253 e. The summed E-state index contributed by atoms with van der Waals surface area (Å²) in [6.45, 7) is 11.9. The first-order valence-electron chi connectivity index (χ1n) is 12.2. The number of piperidine rings is 1. The van der Waals surface area contributed by atoms with Gasteiger partial charge in [0, 0.05) is 57.1 Å². The predicted molar refractivity (Wildman–Crippen MR) is 132 cm³/mol. The molecular formula is C27H36N4O2. The lowest BCUT2D eigenvalue weighted by Crippen LogP contribution is -2.45. The Bertz CT molecular complexity index is 951. The zero-order valence-electron chi connectivity index (χ0n) is 19.9. The van der Waals surface area contributed by atoms with Crippen LogP contribution in [0.1, 0.15) is 41.3 Å². The van der Waals surface area contributed by atoms with Crippen molar-refractivity contribution in [3.8, 4) is 0 Å². The van der Waals surface area contributed by atoms with Gasteiger partial charge in [-0.1, -0.05) is 36.8 Å². The largest absolute Gasteiger partial charge is 0.338 e. The van der Waals surface area contributed by atoms with Crippen molar-refractivity contribution in [1.29, 1.82) is 0 Å². The summed E-state index contributed by atoms with van der Waals surface area (Å²) in [5, 5.41) is 3.07. The molecule has 1 atom stereocenters. The second kappa shape index (κ2) is 10.9. The van der Waals surface area contributed by atoms with Gasteiger partial charge in [0.1, 0.15) is 0 Å². The number of aryl methyl sites for hydroxylation is 1. The van der Waals surface area contributed by atoms with Gasteiger partial charge in [-0.2, -0.15) is 0 Å². The second-order valence-electron chi connectivity index (χ2n) is 9.36. The molecule has 6 heteroatoms. The molecule has 33 heavy (non-hydrogen) atoms. The van der Waals surface area contributed by atoms with E-state index in [2.05, 4.69) is 34.2 Å². The van der Waals surface area contributed by atoms with Crippen LogP contribution in [0.4, 0.5) is 5.69 Å². The fourth-order valence-electron chi connectivity index (χ4n) is 4.80. The SMILES string of the molecule is CCN1CCN(Cc2ccc(NC(=O)[C@@H]3CCCN(C(=O)c4cccc(C)c4)C3)cc2)CC1. The summed E-state index contributed by atoms with van der Waals surface area (Å²) < 4.78 is 0. The van der Waals surface area contributed by atoms with E-state index in [-0.39, 0.29) is 17.7 Å². The summed E-state index contributed by atoms with van der Waals surface area (Å²) in [5.74, 6) is -0.164. The van der Waals surface area contributed by atoms with Crippen LogP contribution in [0.2, 0.25) is 0 Å². The lowest BCUT2D eigenvalue weighted by atomic mass is 9.96. The summed E-state index contributed by atoms with van der Waals surface area (Å²) in [6, 6.07) is 15.9. The normalized spacial score (nSPS) is 19.9. The lowest BCUT2D eigenvalue weighted by molar-refractivity contribution is -0.121. The van der Waals surface area contributed by atoms with Gasteiger partial charge in [0.05, 0.1) is 5.92 Å². The molecule has 2 aliphatic rings. The highest BCUT2D eigenvalue weighted by atomic mass is 16.2. The van der Waals surface area contributed by atoms with Crippen LogP contribution >= 0.6 is 0 Å². The smallest absolute Gasteiger partial charge is 0.253 e. The predicted octanol–water partition coefficient (Wildman–Crippen LogP) is 3.62. The van der Waals surface area contributed by atoms with E-state index in [0.29, 0.717) is 18.7 Å². The Labute approximate surface area is 197 Å². The van der Waals surface area contributed by atoms with E-state index >= 15 is 0 Å². The first kappa shape index (κ1) is 23.5. The summed E-state index contributed by atoms with van der Waals surface area (Å²) >= 11 is 0. The zero-order chi connectivity index (χ0) is 23.2. The van der Waals surface area contributed by atoms with Gasteiger partial charge < -0.3 is 15.1 Å². The molecule has 2 aromatic carbocycles. The molecular weight excluding hydrogens is 412 g/mol. The third-order valence-electron chi connectivity index (χ3n) is 6.88. The number of nitrogens with zero attached hydrogens (tertiary/aromatic N) is 3. The van der Waals surface area contributed by atoms with E-state index < -0.39 is 0 Å². The third-order valence-corrected chi connectivity index (χ3v) is 6.88. The highest BCUT2D eigenvalue weighted by Gasteiger charge is 2.29. The van der Waals surface area contributed by atoms with E-state index in [9.17, 15) is 9.59 Å². The number of carbonyl (C=O) groups excluding carboxylic acids is 2. The van der Waals surface area contributed by atoms with Crippen LogP contribution in [0.3, 0.4) is 0 Å². The number of piperazine rings is 1. The molecule has 1 N–H and O–H groups in total. The minimum absolute atomic E-state index is 0.000166. The minimum atomic E-state index is -0.179. The number of benzene rings is 2. The van der Waals surface area contributed by atoms with Crippen molar-refractivity contribution in [2.75, 3.05) is 51.1 Å². The van der Waals surface area contributed by atoms with Gasteiger partial charge in [0.25, 0.3) is 5.91 Å². The fourth-order valence-corrected chi connectivity index (χ4v) is 4.80. The van der Waals surface area contributed by atoms with Gasteiger partial charge in [-0.05, 0) is 56.1 Å². The number of hydrogen-bond acceptors (Lipinski definition) is 4. The van der Waals surface area contributed by atoms with Crippen molar-refractivity contribution in [1.82, 2.24) is 14.7 Å². The monoisotopic (exact) mass is 448 g/mol. The Kier molecular flexibility index (Phi) is 7.78. The van der Waals surface area contributed by atoms with Crippen molar-refractivity contribution in [3.63, 3.8) is 0 Å². The van der Waals surface area contributed by atoms with Crippen molar-refractivity contribution in [2.24, 2.45) is 5.92 Å². The van der Waals surface area contributed by atoms with Gasteiger partial charge >= 0.3 is 0 Å². The van der Waals surface area contributed by atoms with Crippen LogP contribution < -0.4 is 5.32 Å². The number of anilines is 1. The van der Waals surface area contributed by atoms with Gasteiger partial charge in [-0.3, -0.25) is 14.5 Å². The lowest BCUT2D eigenvalue weighted by Gasteiger charge is -2.34. The molecule has 4 rings (SSSR count). The van der Waals surface area contributed by atoms with Crippen LogP contribution in [0.5, 0.6) is 0 Å². The van der Waals surface area contributed by atoms with E-state index in [1.165, 1.54) is 5.56 Å². The van der Waals surface area contributed by atoms with Crippen molar-refractivity contribution in [2.45, 2.75) is 33.2 Å². The van der Waals surface area contributed by atoms with E-state index in [1.807, 2.05) is 48.2 Å². The molecule has 6 nitrogen and oxygen atoms in total. The summed E-state index contributed by atoms with van der Waals surface area (Å²) in [6.07, 6.45) is 1.66. The number of nitrogens with one attached hydrogen (secondary N) is 1. The van der Waals surface area contributed by atoms with E-state index in [0.717, 1.165) is 63.4 Å². The minimum Gasteiger partial charge on any atom is -0.338 e. The molecule has 2 heterocycles. The van der Waals surface area contributed by atoms with Gasteiger partial charge in [0.15, 0.2) is 0 Å². The first-order valence-corrected chi connectivity index (χ1v) is 12.2. The number of likely N-dealkylation sites (tertiary alicyclic amines) is 1. The Morgan fingerprint density at radius 2 is 1.70 bits per heavy atom. The average molecular weight is 449 g/mol. The maximum atomic E-state index is 12.9. The Morgan fingerprint density at radius 3 is 2.39 bits per heavy atom. The number of rotatable bonds is 6. The van der Waals surface area contributed by atoms with Crippen LogP contribution in [-0.2, 0) is 11.3 Å². The standard InChI is InChI=1S/C27H36N4O2/c1-3-29-14-16-30(17-15-29)19-22-9-11-25(12-10-22)28-26(32)24-8-5-13-31(20-24)27(33)23-7-4-6-21(2)18-23/h4,6-7,9-12,18,24H,3,5,8,13-17,19-20H2,1-2H3,(H,28,32)/t24-/m1/s1. The van der Waals surface area contributed by atoms with Gasteiger partial charge in [-0.15, -0.1) is 0 Å². The molecule has 0 bridgehead atoms. The zero-order valence-corrected chi connectivity index (χ0v) is 19.9. The molecule has 0 aliphatic carbocycles. The highest BCUT2D eigenvalue weighted by molar-refractivity contribution is 5.96. The maximum absolute atomic E-state index is 12.9. The molecule has 0 spiro atoms. The van der Waals surface area contributed by atoms with Crippen molar-refractivity contribution >= 4 is 17.5 Å². The van der Waals surface area contributed by atoms with Crippen molar-refractivity contribution in [3.05, 3.63) is 65.2 Å². The molecule has 2 aromatic rings. The topological polar surface area (TPSA) is 55.9 Å². The van der Waals surface area contributed by atoms with E-state index in [4.69, 9.17) is 0 Å². The second-order valence-corrected chi connectivity index (χ2v) is 9.36. The number of likely N-dealkylation sites (N-methyl/N-ethyl adjacent to an activating group) is 1. The van der Waals surface area contributed by atoms with Crippen molar-refractivity contribution < 1.29 is 9.59 Å². The van der Waals surface area contributed by atoms with Crippen LogP contribution in [0.25, 0.3) is 0 Å². The number of amides is 2. The molecule has 2 aliphatic heterocycles. The molecule has 0 aromatic heterocycles. The summed E-state index contributed by atoms with van der Waals surface area (Å²) in [7, 11) is 0. The molecule has 2 saturated heterocycles. The number of hydrogen-bond donors (Lipinski definition) is 1. The Hall–Kier alpha value is -2.70. The highest BCUT2D eigenvalue weighted by Crippen LogP contribution is 2.21.